The fourth-order valence-electron chi connectivity index (χ4n) is 1.25. The van der Waals surface area contributed by atoms with Crippen LogP contribution >= 0.6 is 15.9 Å². The van der Waals surface area contributed by atoms with Crippen LogP contribution in [-0.4, -0.2) is 12.9 Å². The summed E-state index contributed by atoms with van der Waals surface area (Å²) < 4.78 is 18.9. The van der Waals surface area contributed by atoms with Crippen LogP contribution in [0.4, 0.5) is 4.39 Å². The van der Waals surface area contributed by atoms with Crippen LogP contribution in [0.1, 0.15) is 23.2 Å². The second-order valence-corrected chi connectivity index (χ2v) is 4.53. The lowest BCUT2D eigenvalue weighted by Crippen LogP contribution is -2.02. The molecule has 1 aromatic carbocycles. The monoisotopic (exact) mass is 272 g/mol. The second-order valence-electron chi connectivity index (χ2n) is 3.68. The van der Waals surface area contributed by atoms with E-state index in [0.29, 0.717) is 30.1 Å². The van der Waals surface area contributed by atoms with Crippen LogP contribution in [0.2, 0.25) is 0 Å². The molecular weight excluding hydrogens is 263 g/mol. The summed E-state index contributed by atoms with van der Waals surface area (Å²) in [6.07, 6.45) is 3.00. The Morgan fingerprint density at radius 2 is 2.27 bits per heavy atom. The van der Waals surface area contributed by atoms with Gasteiger partial charge < -0.3 is 4.74 Å². The molecule has 0 unspecified atom stereocenters. The van der Waals surface area contributed by atoms with Crippen molar-refractivity contribution >= 4 is 22.2 Å². The van der Waals surface area contributed by atoms with E-state index >= 15 is 0 Å². The first-order valence-electron chi connectivity index (χ1n) is 4.77. The van der Waals surface area contributed by atoms with Crippen molar-refractivity contribution < 1.29 is 13.9 Å². The standard InChI is InChI=1S/C11H10BrFO2/c12-9-3-8(5-14)11(4-10(9)13)15-6-7-1-2-7/h3-5,7H,1-2,6H2. The Balaban J connectivity index is 2.18. The minimum Gasteiger partial charge on any atom is -0.492 e. The van der Waals surface area contributed by atoms with Gasteiger partial charge in [-0.05, 0) is 40.8 Å². The van der Waals surface area contributed by atoms with Crippen molar-refractivity contribution in [3.8, 4) is 5.75 Å². The van der Waals surface area contributed by atoms with Gasteiger partial charge in [-0.1, -0.05) is 0 Å². The second kappa shape index (κ2) is 4.31. The fraction of sp³-hybridized carbons (Fsp3) is 0.364. The molecule has 15 heavy (non-hydrogen) atoms. The maximum atomic E-state index is 13.2. The number of halogens is 2. The minimum atomic E-state index is -0.411. The Kier molecular flexibility index (Phi) is 3.05. The molecule has 0 aliphatic heterocycles. The summed E-state index contributed by atoms with van der Waals surface area (Å²) in [5, 5.41) is 0. The van der Waals surface area contributed by atoms with Crippen LogP contribution in [0, 0.1) is 11.7 Å². The maximum Gasteiger partial charge on any atom is 0.153 e. The topological polar surface area (TPSA) is 26.3 Å². The van der Waals surface area contributed by atoms with Crippen LogP contribution in [0.5, 0.6) is 5.75 Å². The van der Waals surface area contributed by atoms with Crippen LogP contribution < -0.4 is 4.74 Å². The summed E-state index contributed by atoms with van der Waals surface area (Å²) in [6.45, 7) is 0.571. The molecule has 0 spiro atoms. The molecule has 0 heterocycles. The first-order valence-corrected chi connectivity index (χ1v) is 5.57. The normalized spacial score (nSPS) is 15.1. The van der Waals surface area contributed by atoms with Gasteiger partial charge in [0.15, 0.2) is 6.29 Å². The predicted octanol–water partition coefficient (Wildman–Crippen LogP) is 3.19. The smallest absolute Gasteiger partial charge is 0.153 e. The van der Waals surface area contributed by atoms with Gasteiger partial charge >= 0.3 is 0 Å². The molecule has 2 nitrogen and oxygen atoms in total. The molecule has 1 fully saturated rings. The molecule has 2 rings (SSSR count). The molecule has 0 bridgehead atoms. The predicted molar refractivity (Wildman–Crippen MR) is 57.7 cm³/mol. The third kappa shape index (κ3) is 2.56. The summed E-state index contributed by atoms with van der Waals surface area (Å²) in [4.78, 5) is 10.7. The minimum absolute atomic E-state index is 0.281. The van der Waals surface area contributed by atoms with Gasteiger partial charge in [0.1, 0.15) is 11.6 Å². The van der Waals surface area contributed by atoms with E-state index < -0.39 is 5.82 Å². The molecule has 0 radical (unpaired) electrons. The third-order valence-corrected chi connectivity index (χ3v) is 2.96. The van der Waals surface area contributed by atoms with E-state index in [-0.39, 0.29) is 4.47 Å². The average molecular weight is 273 g/mol. The molecule has 0 N–H and O–H groups in total. The molecule has 0 atom stereocenters. The Bertz CT molecular complexity index is 388. The SMILES string of the molecule is O=Cc1cc(Br)c(F)cc1OCC1CC1. The van der Waals surface area contributed by atoms with E-state index in [1.54, 1.807) is 0 Å². The number of carbonyl (C=O) groups is 1. The highest BCUT2D eigenvalue weighted by molar-refractivity contribution is 9.10. The van der Waals surface area contributed by atoms with Gasteiger partial charge in [0.05, 0.1) is 16.6 Å². The molecular formula is C11H10BrFO2. The average Bonchev–Trinajstić information content (AvgIpc) is 3.03. The van der Waals surface area contributed by atoms with Crippen molar-refractivity contribution in [1.29, 1.82) is 0 Å². The highest BCUT2D eigenvalue weighted by Crippen LogP contribution is 2.31. The Labute approximate surface area is 95.6 Å². The van der Waals surface area contributed by atoms with Crippen molar-refractivity contribution in [2.75, 3.05) is 6.61 Å². The lowest BCUT2D eigenvalue weighted by Gasteiger charge is -2.08. The van der Waals surface area contributed by atoms with Gasteiger partial charge in [-0.2, -0.15) is 0 Å². The Morgan fingerprint density at radius 1 is 1.53 bits per heavy atom. The number of aldehydes is 1. The van der Waals surface area contributed by atoms with Crippen molar-refractivity contribution in [3.05, 3.63) is 28.0 Å². The van der Waals surface area contributed by atoms with E-state index in [0.717, 1.165) is 12.8 Å². The molecule has 1 saturated carbocycles. The van der Waals surface area contributed by atoms with E-state index in [4.69, 9.17) is 4.74 Å². The summed E-state index contributed by atoms with van der Waals surface area (Å²) >= 11 is 3.02. The lowest BCUT2D eigenvalue weighted by molar-refractivity contribution is 0.111. The van der Waals surface area contributed by atoms with Crippen LogP contribution in [0.3, 0.4) is 0 Å². The highest BCUT2D eigenvalue weighted by atomic mass is 79.9. The van der Waals surface area contributed by atoms with Gasteiger partial charge in [0, 0.05) is 6.07 Å². The van der Waals surface area contributed by atoms with Crippen molar-refractivity contribution in [2.24, 2.45) is 5.92 Å². The number of rotatable bonds is 4. The number of benzene rings is 1. The van der Waals surface area contributed by atoms with Crippen molar-refractivity contribution in [3.63, 3.8) is 0 Å². The molecule has 0 saturated heterocycles. The zero-order valence-electron chi connectivity index (χ0n) is 8.00. The summed E-state index contributed by atoms with van der Waals surface area (Å²) in [7, 11) is 0. The lowest BCUT2D eigenvalue weighted by atomic mass is 10.2. The van der Waals surface area contributed by atoms with Gasteiger partial charge in [0.2, 0.25) is 0 Å². The zero-order valence-corrected chi connectivity index (χ0v) is 9.59. The fourth-order valence-corrected chi connectivity index (χ4v) is 1.61. The quantitative estimate of drug-likeness (QED) is 0.787. The molecule has 1 aromatic rings. The van der Waals surface area contributed by atoms with Crippen molar-refractivity contribution in [1.82, 2.24) is 0 Å². The van der Waals surface area contributed by atoms with Gasteiger partial charge in [-0.15, -0.1) is 0 Å². The molecule has 0 aromatic heterocycles. The van der Waals surface area contributed by atoms with E-state index in [1.165, 1.54) is 12.1 Å². The molecule has 1 aliphatic carbocycles. The summed E-state index contributed by atoms with van der Waals surface area (Å²) in [5.74, 6) is 0.500. The van der Waals surface area contributed by atoms with E-state index in [2.05, 4.69) is 15.9 Å². The van der Waals surface area contributed by atoms with Crippen LogP contribution in [-0.2, 0) is 0 Å². The third-order valence-electron chi connectivity index (χ3n) is 2.35. The highest BCUT2D eigenvalue weighted by Gasteiger charge is 2.22. The molecule has 80 valence electrons. The van der Waals surface area contributed by atoms with Crippen molar-refractivity contribution in [2.45, 2.75) is 12.8 Å². The Morgan fingerprint density at radius 3 is 2.87 bits per heavy atom. The molecule has 4 heteroatoms. The van der Waals surface area contributed by atoms with Crippen LogP contribution in [0.25, 0.3) is 0 Å². The maximum absolute atomic E-state index is 13.2. The van der Waals surface area contributed by atoms with E-state index in [1.807, 2.05) is 0 Å². The number of hydrogen-bond donors (Lipinski definition) is 0. The largest absolute Gasteiger partial charge is 0.492 e. The summed E-state index contributed by atoms with van der Waals surface area (Å²) in [5.41, 5.74) is 0.379. The molecule has 1 aliphatic rings. The van der Waals surface area contributed by atoms with Gasteiger partial charge in [-0.25, -0.2) is 4.39 Å². The number of ether oxygens (including phenoxy) is 1. The zero-order chi connectivity index (χ0) is 10.8. The first kappa shape index (κ1) is 10.6. The van der Waals surface area contributed by atoms with Crippen LogP contribution in [0.15, 0.2) is 16.6 Å². The van der Waals surface area contributed by atoms with E-state index in [9.17, 15) is 9.18 Å². The summed E-state index contributed by atoms with van der Waals surface area (Å²) in [6, 6.07) is 2.68. The first-order chi connectivity index (χ1) is 7.20. The Hall–Kier alpha value is -0.900. The van der Waals surface area contributed by atoms with Gasteiger partial charge in [-0.3, -0.25) is 4.79 Å². The number of carbonyl (C=O) groups excluding carboxylic acids is 1. The van der Waals surface area contributed by atoms with Gasteiger partial charge in [0.25, 0.3) is 0 Å². The number of hydrogen-bond acceptors (Lipinski definition) is 2. The molecule has 0 amide bonds.